The van der Waals surface area contributed by atoms with Crippen LogP contribution in [0.2, 0.25) is 0 Å². The number of aliphatic carboxylic acids is 5. The van der Waals surface area contributed by atoms with E-state index in [9.17, 15) is 0 Å². The van der Waals surface area contributed by atoms with E-state index in [1.54, 1.807) is 0 Å². The Morgan fingerprint density at radius 2 is 0.567 bits per heavy atom. The van der Waals surface area contributed by atoms with Gasteiger partial charge in [-0.3, -0.25) is 0 Å². The average molecular weight is 485 g/mol. The molecule has 0 saturated carbocycles. The first-order chi connectivity index (χ1) is 10.9. The van der Waals surface area contributed by atoms with Crippen LogP contribution in [-0.2, 0) is 24.0 Å². The van der Waals surface area contributed by atoms with Crippen molar-refractivity contribution < 1.29 is 197 Å². The first-order valence-electron chi connectivity index (χ1n) is 6.02. The largest absolute Gasteiger partial charge is 1.00 e. The molecule has 0 aliphatic carbocycles. The van der Waals surface area contributed by atoms with Gasteiger partial charge in [0.25, 0.3) is 0 Å². The maximum absolute atomic E-state index is 8.89. The number of rotatable bonds is 1. The topological polar surface area (TPSA) is 279 Å². The van der Waals surface area contributed by atoms with E-state index in [-0.39, 0.29) is 154 Å². The van der Waals surface area contributed by atoms with Crippen LogP contribution >= 0.6 is 0 Å². The van der Waals surface area contributed by atoms with Gasteiger partial charge in [-0.2, -0.15) is 0 Å². The maximum Gasteiger partial charge on any atom is 1.00 e. The first-order valence-corrected chi connectivity index (χ1v) is 6.02. The summed E-state index contributed by atoms with van der Waals surface area (Å²) in [6, 6.07) is 0. The second-order valence-corrected chi connectivity index (χ2v) is 3.36. The van der Waals surface area contributed by atoms with E-state index in [1.165, 1.54) is 0 Å². The van der Waals surface area contributed by atoms with Gasteiger partial charge in [0.1, 0.15) is 0 Å². The van der Waals surface area contributed by atoms with Crippen molar-refractivity contribution in [2.45, 2.75) is 40.8 Å². The van der Waals surface area contributed by atoms with Crippen LogP contribution in [0.1, 0.15) is 34.6 Å². The zero-order valence-corrected chi connectivity index (χ0v) is 29.6. The third-order valence-corrected chi connectivity index (χ3v) is 0.272. The van der Waals surface area contributed by atoms with Gasteiger partial charge in [0.2, 0.25) is 0 Å². The van der Waals surface area contributed by atoms with E-state index in [0.29, 0.717) is 6.54 Å². The molecule has 0 aromatic rings. The minimum atomic E-state index is -1.08. The molecule has 0 aliphatic heterocycles. The number of carboxylic acid groups (broad SMARTS) is 5. The molecule has 0 amide bonds. The van der Waals surface area contributed by atoms with E-state index in [1.807, 2.05) is 0 Å². The number of nitrogens with two attached hydrogens (primary N) is 3. The van der Waals surface area contributed by atoms with Crippen LogP contribution in [0.15, 0.2) is 0 Å². The molecule has 0 aromatic carbocycles. The molecular weight excluding hydrogens is 461 g/mol. The summed E-state index contributed by atoms with van der Waals surface area (Å²) < 4.78 is 0. The smallest absolute Gasteiger partial charge is 0.550 e. The fourth-order valence-corrected chi connectivity index (χ4v) is 0. The van der Waals surface area contributed by atoms with Gasteiger partial charge in [0.05, 0.1) is 6.17 Å². The molecule has 152 valence electrons. The van der Waals surface area contributed by atoms with Crippen molar-refractivity contribution in [3.63, 3.8) is 0 Å². The Balaban J connectivity index is -0.0000000156. The Bertz CT molecular complexity index is 289. The zero-order chi connectivity index (χ0) is 22.2. The SMILES string of the molecule is CC(=O)[O-].CC(=O)[O-].CC(=O)[O-].CC(=O)[O-].CC(=O)[O-].NCC(N)N.[Na+].[Na+].[Na+].[Na+].[Na+]. The fraction of sp³-hybridized carbons (Fsp3) is 0.583. The zero-order valence-electron chi connectivity index (χ0n) is 19.6. The number of hydrogen-bond acceptors (Lipinski definition) is 13. The molecule has 0 fully saturated rings. The number of carboxylic acids is 5. The van der Waals surface area contributed by atoms with Crippen molar-refractivity contribution in [2.75, 3.05) is 6.54 Å². The molecule has 0 aromatic heterocycles. The summed E-state index contributed by atoms with van der Waals surface area (Å²) in [5, 5.41) is 44.4. The second-order valence-electron chi connectivity index (χ2n) is 3.36. The summed E-state index contributed by atoms with van der Waals surface area (Å²) in [6.07, 6.45) is -0.338. The molecule has 0 radical (unpaired) electrons. The van der Waals surface area contributed by atoms with Gasteiger partial charge in [-0.15, -0.1) is 0 Å². The molecule has 18 heteroatoms. The quantitative estimate of drug-likeness (QED) is 0.230. The summed E-state index contributed by atoms with van der Waals surface area (Å²) in [6.45, 7) is 5.22. The fourth-order valence-electron chi connectivity index (χ4n) is 0. The predicted octanol–water partition coefficient (Wildman–Crippen LogP) is -23.0. The van der Waals surface area contributed by atoms with Crippen LogP contribution in [0.25, 0.3) is 0 Å². The van der Waals surface area contributed by atoms with E-state index >= 15 is 0 Å². The minimum absolute atomic E-state index is 0. The Kier molecular flexibility index (Phi) is 147. The van der Waals surface area contributed by atoms with E-state index < -0.39 is 29.8 Å². The molecule has 0 aliphatic rings. The van der Waals surface area contributed by atoms with Crippen LogP contribution < -0.4 is 191 Å². The van der Waals surface area contributed by atoms with Gasteiger partial charge >= 0.3 is 148 Å². The molecular formula is C12H24N3Na5O10. The van der Waals surface area contributed by atoms with Crippen molar-refractivity contribution in [1.29, 1.82) is 0 Å². The van der Waals surface area contributed by atoms with Gasteiger partial charge in [0, 0.05) is 36.4 Å². The Hall–Kier alpha value is 2.23. The van der Waals surface area contributed by atoms with Gasteiger partial charge in [-0.25, -0.2) is 0 Å². The molecule has 0 saturated heterocycles. The summed E-state index contributed by atoms with van der Waals surface area (Å²) in [5.74, 6) is -5.42. The molecule has 0 atom stereocenters. The van der Waals surface area contributed by atoms with E-state index in [4.69, 9.17) is 66.7 Å². The first kappa shape index (κ1) is 69.7. The van der Waals surface area contributed by atoms with Crippen LogP contribution in [0.4, 0.5) is 0 Å². The van der Waals surface area contributed by atoms with Crippen LogP contribution in [0, 0.1) is 0 Å². The Morgan fingerprint density at radius 3 is 0.567 bits per heavy atom. The monoisotopic (exact) mass is 485 g/mol. The van der Waals surface area contributed by atoms with Crippen LogP contribution in [0.5, 0.6) is 0 Å². The van der Waals surface area contributed by atoms with Gasteiger partial charge in [-0.1, -0.05) is 0 Å². The summed E-state index contributed by atoms with van der Waals surface area (Å²) in [7, 11) is 0. The number of carbonyl (C=O) groups is 5. The van der Waals surface area contributed by atoms with Crippen molar-refractivity contribution in [3.05, 3.63) is 0 Å². The molecule has 6 N–H and O–H groups in total. The predicted molar refractivity (Wildman–Crippen MR) is 74.6 cm³/mol. The molecule has 0 spiro atoms. The van der Waals surface area contributed by atoms with E-state index in [2.05, 4.69) is 0 Å². The average Bonchev–Trinajstić information content (AvgIpc) is 2.24. The molecule has 0 rings (SSSR count). The third-order valence-electron chi connectivity index (χ3n) is 0.272. The number of carbonyl (C=O) groups excluding carboxylic acids is 5. The van der Waals surface area contributed by atoms with Crippen molar-refractivity contribution in [1.82, 2.24) is 0 Å². The molecule has 13 nitrogen and oxygen atoms in total. The number of hydrogen-bond donors (Lipinski definition) is 3. The Labute approximate surface area is 287 Å². The van der Waals surface area contributed by atoms with Crippen LogP contribution in [-0.4, -0.2) is 42.6 Å². The van der Waals surface area contributed by atoms with Gasteiger partial charge in [-0.05, 0) is 34.6 Å². The molecule has 0 bridgehead atoms. The summed E-state index contributed by atoms with van der Waals surface area (Å²) >= 11 is 0. The van der Waals surface area contributed by atoms with Gasteiger partial charge in [0.15, 0.2) is 0 Å². The summed E-state index contributed by atoms with van der Waals surface area (Å²) in [4.78, 5) is 44.4. The van der Waals surface area contributed by atoms with Crippen molar-refractivity contribution in [3.8, 4) is 0 Å². The standard InChI is InChI=1S/C2H9N3.5C2H4O2.5Na/c3-1-2(4)5;5*1-2(3)4;;;;;/h2H,1,3-5H2;5*1H3,(H,3,4);;;;;/q;;;;;;5*+1/p-5. The maximum atomic E-state index is 8.89. The summed E-state index contributed by atoms with van der Waals surface area (Å²) in [5.41, 5.74) is 14.8. The van der Waals surface area contributed by atoms with E-state index in [0.717, 1.165) is 34.6 Å². The minimum Gasteiger partial charge on any atom is -0.550 e. The second kappa shape index (κ2) is 63.3. The molecule has 0 unspecified atom stereocenters. The van der Waals surface area contributed by atoms with Crippen molar-refractivity contribution >= 4 is 29.8 Å². The molecule has 30 heavy (non-hydrogen) atoms. The third kappa shape index (κ3) is 1440. The van der Waals surface area contributed by atoms with Crippen molar-refractivity contribution in [2.24, 2.45) is 17.2 Å². The van der Waals surface area contributed by atoms with Gasteiger partial charge < -0.3 is 66.7 Å². The normalized spacial score (nSPS) is 5.77. The molecule has 0 heterocycles. The van der Waals surface area contributed by atoms with Crippen LogP contribution in [0.3, 0.4) is 0 Å². The Morgan fingerprint density at radius 1 is 0.533 bits per heavy atom.